The molecule has 0 bridgehead atoms. The maximum absolute atomic E-state index is 5.72. The van der Waals surface area contributed by atoms with Gasteiger partial charge in [-0.05, 0) is 99.9 Å². The van der Waals surface area contributed by atoms with Gasteiger partial charge in [-0.3, -0.25) is 0 Å². The van der Waals surface area contributed by atoms with Gasteiger partial charge < -0.3 is 9.64 Å². The number of piperidine rings is 1. The van der Waals surface area contributed by atoms with Gasteiger partial charge in [-0.2, -0.15) is 0 Å². The predicted molar refractivity (Wildman–Crippen MR) is 159 cm³/mol. The maximum atomic E-state index is 5.72. The molecule has 2 aliphatic heterocycles. The first-order valence-corrected chi connectivity index (χ1v) is 16.7. The van der Waals surface area contributed by atoms with Crippen molar-refractivity contribution < 1.29 is 4.74 Å². The number of benzene rings is 1. The number of ether oxygens (including phenoxy) is 1. The summed E-state index contributed by atoms with van der Waals surface area (Å²) in [6.07, 6.45) is 16.7. The molecule has 0 atom stereocenters. The average molecular weight is 547 g/mol. The van der Waals surface area contributed by atoms with Crippen LogP contribution >= 0.6 is 24.1 Å². The summed E-state index contributed by atoms with van der Waals surface area (Å²) in [6.45, 7) is 11.2. The molecule has 0 aromatic heterocycles. The first-order valence-electron chi connectivity index (χ1n) is 15.2. The maximum Gasteiger partial charge on any atom is 0.133 e. The third-order valence-corrected chi connectivity index (χ3v) is 11.1. The fourth-order valence-corrected chi connectivity index (χ4v) is 9.02. The van der Waals surface area contributed by atoms with E-state index in [0.29, 0.717) is 5.41 Å². The minimum atomic E-state index is 0.457. The van der Waals surface area contributed by atoms with Crippen LogP contribution in [0.5, 0.6) is 5.75 Å². The van der Waals surface area contributed by atoms with Crippen LogP contribution in [0.2, 0.25) is 0 Å². The van der Waals surface area contributed by atoms with Crippen molar-refractivity contribution in [1.82, 2.24) is 17.8 Å². The fourth-order valence-electron chi connectivity index (χ4n) is 6.51. The van der Waals surface area contributed by atoms with E-state index in [0.717, 1.165) is 18.2 Å². The lowest BCUT2D eigenvalue weighted by Gasteiger charge is -2.36. The summed E-state index contributed by atoms with van der Waals surface area (Å²) in [5.74, 6) is 1.93. The van der Waals surface area contributed by atoms with E-state index in [-0.39, 0.29) is 0 Å². The summed E-state index contributed by atoms with van der Waals surface area (Å²) in [5.41, 5.74) is 0.457. The van der Waals surface area contributed by atoms with Crippen LogP contribution in [0.15, 0.2) is 29.2 Å². The third-order valence-electron chi connectivity index (χ3n) is 8.83. The van der Waals surface area contributed by atoms with E-state index >= 15 is 0 Å². The van der Waals surface area contributed by atoms with Crippen molar-refractivity contribution in [3.05, 3.63) is 24.3 Å². The van der Waals surface area contributed by atoms with Crippen LogP contribution in [0, 0.1) is 11.3 Å². The van der Waals surface area contributed by atoms with Crippen LogP contribution in [-0.4, -0.2) is 83.8 Å². The third kappa shape index (κ3) is 8.77. The van der Waals surface area contributed by atoms with Crippen molar-refractivity contribution in [2.24, 2.45) is 11.3 Å². The highest BCUT2D eigenvalue weighted by Gasteiger charge is 2.46. The predicted octanol–water partition coefficient (Wildman–Crippen LogP) is 6.81. The zero-order chi connectivity index (χ0) is 25.3. The van der Waals surface area contributed by atoms with Crippen LogP contribution in [0.25, 0.3) is 0 Å². The molecule has 0 N–H and O–H groups in total. The lowest BCUT2D eigenvalue weighted by Crippen LogP contribution is -2.40. The zero-order valence-corrected chi connectivity index (χ0v) is 24.9. The lowest BCUT2D eigenvalue weighted by atomic mass is 9.89. The molecule has 4 aliphatic rings. The van der Waals surface area contributed by atoms with Gasteiger partial charge in [-0.1, -0.05) is 37.8 Å². The number of nitrogens with zero attached hydrogens (tertiary/aromatic N) is 4. The summed E-state index contributed by atoms with van der Waals surface area (Å²) >= 11 is 4.02. The van der Waals surface area contributed by atoms with Gasteiger partial charge in [0.05, 0.1) is 12.0 Å². The van der Waals surface area contributed by atoms with Gasteiger partial charge >= 0.3 is 0 Å². The van der Waals surface area contributed by atoms with Crippen molar-refractivity contribution in [2.75, 3.05) is 66.0 Å². The Morgan fingerprint density at radius 2 is 1.41 bits per heavy atom. The first kappa shape index (κ1) is 28.1. The Morgan fingerprint density at radius 3 is 2.14 bits per heavy atom. The minimum Gasteiger partial charge on any atom is -0.496 e. The molecule has 208 valence electrons. The van der Waals surface area contributed by atoms with Crippen molar-refractivity contribution in [3.63, 3.8) is 0 Å². The Labute approximate surface area is 235 Å². The SMILES string of the molecule is COc1ccccc1SN1CCCN(CC2CCCCC2)CCCN(SN2CCCCC2)CC2(CC2)C1. The monoisotopic (exact) mass is 546 g/mol. The van der Waals surface area contributed by atoms with Gasteiger partial charge in [0.15, 0.2) is 0 Å². The number of methoxy groups -OCH3 is 1. The molecule has 5 nitrogen and oxygen atoms in total. The quantitative estimate of drug-likeness (QED) is 0.346. The topological polar surface area (TPSA) is 22.2 Å². The molecule has 1 aromatic rings. The second-order valence-electron chi connectivity index (χ2n) is 12.1. The van der Waals surface area contributed by atoms with E-state index in [2.05, 4.69) is 54.2 Å². The molecule has 2 heterocycles. The molecule has 0 radical (unpaired) electrons. The highest BCUT2D eigenvalue weighted by molar-refractivity contribution is 7.97. The standard InChI is InChI=1S/C30H50N4OS2/c1-35-28-14-6-7-15-29(28)36-33-22-10-18-31(24-27-12-4-2-5-13-27)19-11-23-34(26-30(25-33)16-17-30)37-32-20-8-3-9-21-32/h6-7,14-15,27H,2-5,8-13,16-26H2,1H3. The summed E-state index contributed by atoms with van der Waals surface area (Å²) in [7, 11) is 1.80. The van der Waals surface area contributed by atoms with E-state index in [1.54, 1.807) is 7.11 Å². The summed E-state index contributed by atoms with van der Waals surface area (Å²) in [6, 6.07) is 8.57. The molecule has 2 saturated heterocycles. The first-order chi connectivity index (χ1) is 18.2. The van der Waals surface area contributed by atoms with Crippen LogP contribution in [-0.2, 0) is 0 Å². The van der Waals surface area contributed by atoms with Gasteiger partial charge in [0.1, 0.15) is 5.75 Å². The molecular formula is C30H50N4OS2. The molecule has 37 heavy (non-hydrogen) atoms. The van der Waals surface area contributed by atoms with Gasteiger partial charge in [-0.15, -0.1) is 0 Å². The molecule has 7 heteroatoms. The highest BCUT2D eigenvalue weighted by Crippen LogP contribution is 2.50. The van der Waals surface area contributed by atoms with E-state index in [4.69, 9.17) is 4.74 Å². The Morgan fingerprint density at radius 1 is 0.757 bits per heavy atom. The Kier molecular flexibility index (Phi) is 10.8. The molecule has 4 fully saturated rings. The van der Waals surface area contributed by atoms with E-state index in [9.17, 15) is 0 Å². The van der Waals surface area contributed by atoms with E-state index < -0.39 is 0 Å². The molecule has 5 rings (SSSR count). The molecule has 2 aliphatic carbocycles. The van der Waals surface area contributed by atoms with Crippen LogP contribution < -0.4 is 4.74 Å². The van der Waals surface area contributed by atoms with Gasteiger partial charge in [0, 0.05) is 57.9 Å². The number of hydrogen-bond acceptors (Lipinski definition) is 7. The second-order valence-corrected chi connectivity index (χ2v) is 14.4. The fraction of sp³-hybridized carbons (Fsp3) is 0.800. The molecule has 0 unspecified atom stereocenters. The second kappa shape index (κ2) is 14.3. The lowest BCUT2D eigenvalue weighted by molar-refractivity contribution is 0.180. The van der Waals surface area contributed by atoms with Crippen molar-refractivity contribution in [2.45, 2.75) is 81.9 Å². The molecule has 2 saturated carbocycles. The number of para-hydroxylation sites is 1. The normalized spacial score (nSPS) is 26.0. The Bertz CT molecular complexity index is 811. The summed E-state index contributed by atoms with van der Waals surface area (Å²) in [5, 5.41) is 0. The largest absolute Gasteiger partial charge is 0.496 e. The zero-order valence-electron chi connectivity index (χ0n) is 23.2. The van der Waals surface area contributed by atoms with Crippen molar-refractivity contribution in [3.8, 4) is 5.75 Å². The minimum absolute atomic E-state index is 0.457. The average Bonchev–Trinajstić information content (AvgIpc) is 3.68. The number of rotatable bonds is 7. The smallest absolute Gasteiger partial charge is 0.133 e. The van der Waals surface area contributed by atoms with E-state index in [1.807, 2.05) is 11.9 Å². The highest BCUT2D eigenvalue weighted by atomic mass is 32.2. The van der Waals surface area contributed by atoms with Gasteiger partial charge in [0.2, 0.25) is 0 Å². The molecule has 0 amide bonds. The summed E-state index contributed by atoms with van der Waals surface area (Å²) < 4.78 is 13.8. The molecular weight excluding hydrogens is 496 g/mol. The summed E-state index contributed by atoms with van der Waals surface area (Å²) in [4.78, 5) is 4.09. The Balaban J connectivity index is 1.28. The van der Waals surface area contributed by atoms with Crippen molar-refractivity contribution >= 4 is 24.1 Å². The number of hydrogen-bond donors (Lipinski definition) is 0. The van der Waals surface area contributed by atoms with Gasteiger partial charge in [-0.25, -0.2) is 12.9 Å². The van der Waals surface area contributed by atoms with Crippen LogP contribution in [0.3, 0.4) is 0 Å². The van der Waals surface area contributed by atoms with Crippen molar-refractivity contribution in [1.29, 1.82) is 0 Å². The molecule has 1 aromatic carbocycles. The Hall–Kier alpha value is -0.440. The van der Waals surface area contributed by atoms with E-state index in [1.165, 1.54) is 134 Å². The van der Waals surface area contributed by atoms with Gasteiger partial charge in [0.25, 0.3) is 0 Å². The van der Waals surface area contributed by atoms with Crippen LogP contribution in [0.4, 0.5) is 0 Å². The molecule has 1 spiro atoms. The van der Waals surface area contributed by atoms with Crippen LogP contribution in [0.1, 0.15) is 77.0 Å².